The van der Waals surface area contributed by atoms with E-state index in [4.69, 9.17) is 0 Å². The van der Waals surface area contributed by atoms with E-state index in [-0.39, 0.29) is 5.75 Å². The van der Waals surface area contributed by atoms with Crippen molar-refractivity contribution < 1.29 is 14.7 Å². The van der Waals surface area contributed by atoms with E-state index in [0.717, 1.165) is 15.8 Å². The van der Waals surface area contributed by atoms with E-state index in [1.165, 1.54) is 6.21 Å². The molecule has 3 aromatic carbocycles. The van der Waals surface area contributed by atoms with Gasteiger partial charge >= 0.3 is 6.03 Å². The molecule has 6 heteroatoms. The third kappa shape index (κ3) is 2.70. The van der Waals surface area contributed by atoms with Crippen LogP contribution in [0.25, 0.3) is 10.8 Å². The number of hydrazone groups is 1. The highest BCUT2D eigenvalue weighted by molar-refractivity contribution is 6.09. The van der Waals surface area contributed by atoms with Crippen LogP contribution in [0.2, 0.25) is 0 Å². The first-order valence-electron chi connectivity index (χ1n) is 9.04. The highest BCUT2D eigenvalue weighted by Gasteiger charge is 2.51. The number of hydrogen-bond donors (Lipinski definition) is 2. The molecule has 4 rings (SSSR count). The summed E-state index contributed by atoms with van der Waals surface area (Å²) in [5.41, 5.74) is 0.0187. The van der Waals surface area contributed by atoms with Gasteiger partial charge in [0.15, 0.2) is 0 Å². The number of carbonyl (C=O) groups excluding carboxylic acids is 2. The lowest BCUT2D eigenvalue weighted by Crippen LogP contribution is -2.43. The number of rotatable bonds is 4. The molecule has 1 atom stereocenters. The second kappa shape index (κ2) is 6.81. The number of amides is 3. The maximum absolute atomic E-state index is 13.1. The summed E-state index contributed by atoms with van der Waals surface area (Å²) in [6.07, 6.45) is 1.75. The first-order chi connectivity index (χ1) is 13.6. The fourth-order valence-electron chi connectivity index (χ4n) is 3.56. The van der Waals surface area contributed by atoms with Crippen molar-refractivity contribution in [2.24, 2.45) is 5.10 Å². The summed E-state index contributed by atoms with van der Waals surface area (Å²) in [5, 5.41) is 19.7. The lowest BCUT2D eigenvalue weighted by atomic mass is 9.87. The van der Waals surface area contributed by atoms with Crippen molar-refractivity contribution in [1.82, 2.24) is 10.3 Å². The maximum Gasteiger partial charge on any atom is 0.346 e. The van der Waals surface area contributed by atoms with Gasteiger partial charge in [-0.15, -0.1) is 5.01 Å². The molecular weight excluding hydrogens is 354 g/mol. The number of urea groups is 1. The smallest absolute Gasteiger partial charge is 0.346 e. The number of aromatic hydroxyl groups is 1. The predicted octanol–water partition coefficient (Wildman–Crippen LogP) is 3.74. The van der Waals surface area contributed by atoms with Gasteiger partial charge in [0.05, 0.1) is 6.21 Å². The van der Waals surface area contributed by atoms with Crippen LogP contribution in [0.5, 0.6) is 5.75 Å². The minimum Gasteiger partial charge on any atom is -0.507 e. The molecule has 140 valence electrons. The van der Waals surface area contributed by atoms with Crippen molar-refractivity contribution in [2.45, 2.75) is 18.9 Å². The van der Waals surface area contributed by atoms with Crippen molar-refractivity contribution in [3.8, 4) is 5.75 Å². The van der Waals surface area contributed by atoms with Crippen LogP contribution < -0.4 is 5.32 Å². The van der Waals surface area contributed by atoms with Crippen LogP contribution in [0.4, 0.5) is 4.79 Å². The molecule has 3 amide bonds. The van der Waals surface area contributed by atoms with Gasteiger partial charge in [0, 0.05) is 5.56 Å². The Balaban J connectivity index is 1.73. The van der Waals surface area contributed by atoms with Crippen molar-refractivity contribution >= 4 is 28.9 Å². The lowest BCUT2D eigenvalue weighted by molar-refractivity contribution is -0.131. The van der Waals surface area contributed by atoms with Gasteiger partial charge in [-0.25, -0.2) is 4.79 Å². The van der Waals surface area contributed by atoms with Crippen molar-refractivity contribution in [1.29, 1.82) is 0 Å². The zero-order valence-electron chi connectivity index (χ0n) is 15.3. The molecule has 1 heterocycles. The summed E-state index contributed by atoms with van der Waals surface area (Å²) >= 11 is 0. The van der Waals surface area contributed by atoms with E-state index in [1.54, 1.807) is 12.1 Å². The van der Waals surface area contributed by atoms with Gasteiger partial charge in [-0.1, -0.05) is 67.6 Å². The normalized spacial score (nSPS) is 19.5. The summed E-state index contributed by atoms with van der Waals surface area (Å²) in [5.74, 6) is -0.415. The highest BCUT2D eigenvalue weighted by atomic mass is 16.3. The van der Waals surface area contributed by atoms with Gasteiger partial charge in [-0.05, 0) is 28.8 Å². The number of hydrogen-bond acceptors (Lipinski definition) is 4. The van der Waals surface area contributed by atoms with Gasteiger partial charge in [0.2, 0.25) is 0 Å². The third-order valence-corrected chi connectivity index (χ3v) is 5.12. The minimum atomic E-state index is -1.14. The summed E-state index contributed by atoms with van der Waals surface area (Å²) in [6.45, 7) is 1.84. The molecule has 0 unspecified atom stereocenters. The average Bonchev–Trinajstić information content (AvgIpc) is 2.98. The summed E-state index contributed by atoms with van der Waals surface area (Å²) in [6, 6.07) is 19.4. The Hall–Kier alpha value is -3.67. The second-order valence-electron chi connectivity index (χ2n) is 6.64. The standard InChI is InChI=1S/C22H19N3O3/c1-2-22(16-9-4-3-5-10-16)20(27)25(21(28)24-22)23-14-18-17-11-7-6-8-15(17)12-13-19(18)26/h3-14,26H,2H2,1H3,(H,24,28)/b23-14+/t22-/m1/s1. The Kier molecular flexibility index (Phi) is 4.31. The summed E-state index contributed by atoms with van der Waals surface area (Å²) in [4.78, 5) is 25.6. The number of imide groups is 1. The minimum absolute atomic E-state index is 0.0271. The van der Waals surface area contributed by atoms with Gasteiger partial charge in [-0.3, -0.25) is 4.79 Å². The summed E-state index contributed by atoms with van der Waals surface area (Å²) in [7, 11) is 0. The van der Waals surface area contributed by atoms with Crippen LogP contribution in [0.1, 0.15) is 24.5 Å². The number of phenols is 1. The monoisotopic (exact) mass is 373 g/mol. The number of nitrogens with one attached hydrogen (secondary N) is 1. The molecule has 6 nitrogen and oxygen atoms in total. The molecule has 1 aliphatic rings. The molecule has 1 aliphatic heterocycles. The fourth-order valence-corrected chi connectivity index (χ4v) is 3.56. The number of nitrogens with zero attached hydrogens (tertiary/aromatic N) is 2. The molecule has 2 N–H and O–H groups in total. The largest absolute Gasteiger partial charge is 0.507 e. The SMILES string of the molecule is CC[C@]1(c2ccccc2)NC(=O)N(/N=C/c2c(O)ccc3ccccc23)C1=O. The van der Waals surface area contributed by atoms with E-state index in [0.29, 0.717) is 17.5 Å². The number of benzene rings is 3. The Labute approximate surface area is 162 Å². The zero-order chi connectivity index (χ0) is 19.7. The topological polar surface area (TPSA) is 82.0 Å². The average molecular weight is 373 g/mol. The van der Waals surface area contributed by atoms with Gasteiger partial charge < -0.3 is 10.4 Å². The second-order valence-corrected chi connectivity index (χ2v) is 6.64. The molecular formula is C22H19N3O3. The van der Waals surface area contributed by atoms with Crippen LogP contribution >= 0.6 is 0 Å². The van der Waals surface area contributed by atoms with Crippen LogP contribution in [-0.2, 0) is 10.3 Å². The van der Waals surface area contributed by atoms with E-state index in [2.05, 4.69) is 10.4 Å². The van der Waals surface area contributed by atoms with Crippen molar-refractivity contribution in [2.75, 3.05) is 0 Å². The van der Waals surface area contributed by atoms with Crippen molar-refractivity contribution in [3.63, 3.8) is 0 Å². The Bertz CT molecular complexity index is 1090. The molecule has 28 heavy (non-hydrogen) atoms. The molecule has 0 radical (unpaired) electrons. The molecule has 3 aromatic rings. The lowest BCUT2D eigenvalue weighted by Gasteiger charge is -2.24. The Morgan fingerprint density at radius 1 is 1.04 bits per heavy atom. The molecule has 0 bridgehead atoms. The quantitative estimate of drug-likeness (QED) is 0.540. The summed E-state index contributed by atoms with van der Waals surface area (Å²) < 4.78 is 0. The van der Waals surface area contributed by atoms with Gasteiger partial charge in [0.25, 0.3) is 5.91 Å². The highest BCUT2D eigenvalue weighted by Crippen LogP contribution is 2.33. The number of carbonyl (C=O) groups is 2. The van der Waals surface area contributed by atoms with E-state index >= 15 is 0 Å². The van der Waals surface area contributed by atoms with E-state index < -0.39 is 17.5 Å². The van der Waals surface area contributed by atoms with Crippen LogP contribution in [0, 0.1) is 0 Å². The molecule has 0 spiro atoms. The van der Waals surface area contributed by atoms with Crippen LogP contribution in [0.3, 0.4) is 0 Å². The van der Waals surface area contributed by atoms with Gasteiger partial charge in [0.1, 0.15) is 11.3 Å². The Morgan fingerprint density at radius 3 is 2.50 bits per heavy atom. The number of fused-ring (bicyclic) bond motifs is 1. The molecule has 1 fully saturated rings. The Morgan fingerprint density at radius 2 is 1.75 bits per heavy atom. The van der Waals surface area contributed by atoms with Gasteiger partial charge in [-0.2, -0.15) is 5.10 Å². The van der Waals surface area contributed by atoms with Crippen LogP contribution in [0.15, 0.2) is 71.8 Å². The first kappa shape index (κ1) is 17.7. The first-order valence-corrected chi connectivity index (χ1v) is 9.04. The van der Waals surface area contributed by atoms with E-state index in [1.807, 2.05) is 61.5 Å². The van der Waals surface area contributed by atoms with Crippen LogP contribution in [-0.4, -0.2) is 28.3 Å². The van der Waals surface area contributed by atoms with E-state index in [9.17, 15) is 14.7 Å². The number of phenolic OH excluding ortho intramolecular Hbond substituents is 1. The third-order valence-electron chi connectivity index (χ3n) is 5.12. The maximum atomic E-state index is 13.1. The molecule has 0 aromatic heterocycles. The fraction of sp³-hybridized carbons (Fsp3) is 0.136. The molecule has 0 aliphatic carbocycles. The molecule has 0 saturated carbocycles. The molecule has 1 saturated heterocycles. The zero-order valence-corrected chi connectivity index (χ0v) is 15.3. The predicted molar refractivity (Wildman–Crippen MR) is 107 cm³/mol. The van der Waals surface area contributed by atoms with Crippen molar-refractivity contribution in [3.05, 3.63) is 77.9 Å².